The summed E-state index contributed by atoms with van der Waals surface area (Å²) in [6, 6.07) is 0.692. The van der Waals surface area contributed by atoms with Gasteiger partial charge in [0.05, 0.1) is 12.2 Å². The van der Waals surface area contributed by atoms with Gasteiger partial charge in [-0.3, -0.25) is 0 Å². The first-order valence-electron chi connectivity index (χ1n) is 8.25. The number of hydrogen-bond donors (Lipinski definition) is 1. The zero-order valence-corrected chi connectivity index (χ0v) is 13.5. The highest BCUT2D eigenvalue weighted by Gasteiger charge is 2.40. The van der Waals surface area contributed by atoms with E-state index in [0.29, 0.717) is 23.7 Å². The Kier molecular flexibility index (Phi) is 4.94. The van der Waals surface area contributed by atoms with Crippen molar-refractivity contribution in [3.63, 3.8) is 0 Å². The maximum absolute atomic E-state index is 6.06. The van der Waals surface area contributed by atoms with E-state index in [-0.39, 0.29) is 0 Å². The van der Waals surface area contributed by atoms with Gasteiger partial charge >= 0.3 is 0 Å². The van der Waals surface area contributed by atoms with Crippen LogP contribution in [-0.2, 0) is 4.74 Å². The van der Waals surface area contributed by atoms with Crippen LogP contribution in [0.2, 0.25) is 0 Å². The number of rotatable bonds is 4. The first kappa shape index (κ1) is 15.3. The van der Waals surface area contributed by atoms with Gasteiger partial charge in [0, 0.05) is 6.04 Å². The first-order valence-corrected chi connectivity index (χ1v) is 8.25. The molecule has 0 amide bonds. The van der Waals surface area contributed by atoms with Gasteiger partial charge in [0.1, 0.15) is 0 Å². The van der Waals surface area contributed by atoms with E-state index in [1.807, 2.05) is 0 Å². The number of ether oxygens (including phenoxy) is 1. The van der Waals surface area contributed by atoms with Crippen molar-refractivity contribution in [3.8, 4) is 0 Å². The molecule has 1 aliphatic heterocycles. The second-order valence-corrected chi connectivity index (χ2v) is 7.76. The van der Waals surface area contributed by atoms with E-state index in [4.69, 9.17) is 4.74 Å². The fourth-order valence-corrected chi connectivity index (χ4v) is 4.41. The molecule has 5 unspecified atom stereocenters. The van der Waals surface area contributed by atoms with E-state index in [0.717, 1.165) is 11.8 Å². The third kappa shape index (κ3) is 3.72. The van der Waals surface area contributed by atoms with Crippen molar-refractivity contribution in [1.82, 2.24) is 5.32 Å². The summed E-state index contributed by atoms with van der Waals surface area (Å²) in [5, 5.41) is 3.58. The SMILES string of the molecule is CNC1CC(C)CCC1C(C)(C)CC1CCC(C)O1. The third-order valence-electron chi connectivity index (χ3n) is 5.56. The molecule has 2 heteroatoms. The molecule has 2 aliphatic rings. The topological polar surface area (TPSA) is 21.3 Å². The molecule has 0 aromatic heterocycles. The zero-order chi connectivity index (χ0) is 14.0. The van der Waals surface area contributed by atoms with Gasteiger partial charge in [-0.25, -0.2) is 0 Å². The van der Waals surface area contributed by atoms with Gasteiger partial charge in [0.25, 0.3) is 0 Å². The van der Waals surface area contributed by atoms with Crippen LogP contribution in [-0.4, -0.2) is 25.3 Å². The van der Waals surface area contributed by atoms with Crippen LogP contribution in [0.4, 0.5) is 0 Å². The summed E-state index contributed by atoms with van der Waals surface area (Å²) in [7, 11) is 2.14. The second kappa shape index (κ2) is 6.13. The third-order valence-corrected chi connectivity index (χ3v) is 5.56. The largest absolute Gasteiger partial charge is 0.375 e. The average Bonchev–Trinajstić information content (AvgIpc) is 2.73. The summed E-state index contributed by atoms with van der Waals surface area (Å²) < 4.78 is 6.06. The highest BCUT2D eigenvalue weighted by molar-refractivity contribution is 4.93. The molecule has 0 aromatic carbocycles. The van der Waals surface area contributed by atoms with Crippen LogP contribution >= 0.6 is 0 Å². The molecule has 0 aromatic rings. The summed E-state index contributed by atoms with van der Waals surface area (Å²) >= 11 is 0. The Bertz CT molecular complexity index is 289. The molecule has 2 fully saturated rings. The van der Waals surface area contributed by atoms with Gasteiger partial charge in [-0.05, 0) is 63.3 Å². The molecule has 1 aliphatic carbocycles. The van der Waals surface area contributed by atoms with E-state index in [2.05, 4.69) is 40.1 Å². The highest BCUT2D eigenvalue weighted by atomic mass is 16.5. The minimum atomic E-state index is 0.391. The molecular weight excluding hydrogens is 234 g/mol. The molecule has 1 saturated carbocycles. The van der Waals surface area contributed by atoms with Crippen molar-refractivity contribution in [2.24, 2.45) is 17.3 Å². The standard InChI is InChI=1S/C17H33NO/c1-12-6-9-15(16(10-12)18-5)17(3,4)11-14-8-7-13(2)19-14/h12-16,18H,6-11H2,1-5H3. The van der Waals surface area contributed by atoms with Crippen molar-refractivity contribution < 1.29 is 4.74 Å². The zero-order valence-electron chi connectivity index (χ0n) is 13.5. The monoisotopic (exact) mass is 267 g/mol. The Morgan fingerprint density at radius 2 is 1.84 bits per heavy atom. The summed E-state index contributed by atoms with van der Waals surface area (Å²) in [5.41, 5.74) is 0.391. The van der Waals surface area contributed by atoms with Crippen molar-refractivity contribution in [2.75, 3.05) is 7.05 Å². The Morgan fingerprint density at radius 1 is 1.11 bits per heavy atom. The number of nitrogens with one attached hydrogen (secondary N) is 1. The van der Waals surface area contributed by atoms with E-state index >= 15 is 0 Å². The van der Waals surface area contributed by atoms with Gasteiger partial charge < -0.3 is 10.1 Å². The predicted molar refractivity (Wildman–Crippen MR) is 81.3 cm³/mol. The van der Waals surface area contributed by atoms with Crippen LogP contribution in [0.15, 0.2) is 0 Å². The van der Waals surface area contributed by atoms with E-state index < -0.39 is 0 Å². The highest BCUT2D eigenvalue weighted by Crippen LogP contribution is 2.44. The second-order valence-electron chi connectivity index (χ2n) is 7.76. The minimum Gasteiger partial charge on any atom is -0.375 e. The molecule has 1 saturated heterocycles. The molecule has 2 rings (SSSR count). The Hall–Kier alpha value is -0.0800. The normalized spacial score (nSPS) is 40.6. The van der Waals surface area contributed by atoms with Gasteiger partial charge in [-0.2, -0.15) is 0 Å². The van der Waals surface area contributed by atoms with Crippen LogP contribution in [0.5, 0.6) is 0 Å². The maximum Gasteiger partial charge on any atom is 0.0584 e. The van der Waals surface area contributed by atoms with Crippen molar-refractivity contribution in [1.29, 1.82) is 0 Å². The van der Waals surface area contributed by atoms with Crippen LogP contribution in [0.25, 0.3) is 0 Å². The molecule has 2 nitrogen and oxygen atoms in total. The average molecular weight is 267 g/mol. The first-order chi connectivity index (χ1) is 8.92. The molecule has 0 bridgehead atoms. The van der Waals surface area contributed by atoms with Crippen LogP contribution in [0, 0.1) is 17.3 Å². The number of hydrogen-bond acceptors (Lipinski definition) is 2. The van der Waals surface area contributed by atoms with Gasteiger partial charge in [-0.1, -0.05) is 27.2 Å². The lowest BCUT2D eigenvalue weighted by Crippen LogP contribution is -2.46. The predicted octanol–water partition coefficient (Wildman–Crippen LogP) is 3.99. The van der Waals surface area contributed by atoms with Gasteiger partial charge in [0.15, 0.2) is 0 Å². The van der Waals surface area contributed by atoms with E-state index in [9.17, 15) is 0 Å². The molecule has 0 radical (unpaired) electrons. The summed E-state index contributed by atoms with van der Waals surface area (Å²) in [5.74, 6) is 1.68. The summed E-state index contributed by atoms with van der Waals surface area (Å²) in [6.45, 7) is 9.54. The smallest absolute Gasteiger partial charge is 0.0584 e. The lowest BCUT2D eigenvalue weighted by atomic mass is 9.64. The van der Waals surface area contributed by atoms with E-state index in [1.54, 1.807) is 0 Å². The molecule has 112 valence electrons. The molecule has 5 atom stereocenters. The summed E-state index contributed by atoms with van der Waals surface area (Å²) in [4.78, 5) is 0. The molecular formula is C17H33NO. The van der Waals surface area contributed by atoms with Gasteiger partial charge in [-0.15, -0.1) is 0 Å². The molecule has 19 heavy (non-hydrogen) atoms. The Balaban J connectivity index is 1.97. The lowest BCUT2D eigenvalue weighted by Gasteiger charge is -2.45. The fourth-order valence-electron chi connectivity index (χ4n) is 4.41. The van der Waals surface area contributed by atoms with Crippen molar-refractivity contribution in [2.45, 2.75) is 84.5 Å². The summed E-state index contributed by atoms with van der Waals surface area (Å²) in [6.07, 6.45) is 8.83. The van der Waals surface area contributed by atoms with Crippen molar-refractivity contribution >= 4 is 0 Å². The molecule has 1 N–H and O–H groups in total. The van der Waals surface area contributed by atoms with E-state index in [1.165, 1.54) is 38.5 Å². The Morgan fingerprint density at radius 3 is 2.42 bits per heavy atom. The maximum atomic E-state index is 6.06. The van der Waals surface area contributed by atoms with Gasteiger partial charge in [0.2, 0.25) is 0 Å². The fraction of sp³-hybridized carbons (Fsp3) is 1.00. The van der Waals surface area contributed by atoms with Crippen LogP contribution in [0.3, 0.4) is 0 Å². The Labute approximate surface area is 119 Å². The van der Waals surface area contributed by atoms with Crippen LogP contribution in [0.1, 0.15) is 66.2 Å². The van der Waals surface area contributed by atoms with Crippen molar-refractivity contribution in [3.05, 3.63) is 0 Å². The quantitative estimate of drug-likeness (QED) is 0.831. The molecule has 1 heterocycles. The lowest BCUT2D eigenvalue weighted by molar-refractivity contribution is -0.000491. The minimum absolute atomic E-state index is 0.391. The van der Waals surface area contributed by atoms with Crippen LogP contribution < -0.4 is 5.32 Å². The molecule has 0 spiro atoms.